The number of hydrogen-bond acceptors (Lipinski definition) is 4. The highest BCUT2D eigenvalue weighted by Gasteiger charge is 2.05. The first-order chi connectivity index (χ1) is 9.11. The van der Waals surface area contributed by atoms with Gasteiger partial charge in [-0.15, -0.1) is 22.7 Å². The van der Waals surface area contributed by atoms with Crippen molar-refractivity contribution < 1.29 is 0 Å². The van der Waals surface area contributed by atoms with E-state index in [1.165, 1.54) is 9.58 Å². The predicted molar refractivity (Wildman–Crippen MR) is 91.4 cm³/mol. The lowest BCUT2D eigenvalue weighted by Crippen LogP contribution is -1.96. The molecule has 6 heteroatoms. The van der Waals surface area contributed by atoms with Crippen molar-refractivity contribution in [3.8, 4) is 0 Å². The number of halogens is 2. The molecule has 0 aliphatic rings. The summed E-state index contributed by atoms with van der Waals surface area (Å²) in [5.41, 5.74) is 2.21. The molecular weight excluding hydrogens is 408 g/mol. The maximum absolute atomic E-state index is 4.47. The van der Waals surface area contributed by atoms with Crippen LogP contribution < -0.4 is 5.32 Å². The van der Waals surface area contributed by atoms with E-state index in [1.807, 2.05) is 6.92 Å². The lowest BCUT2D eigenvalue weighted by Gasteiger charge is -2.04. The number of nitrogens with one attached hydrogen (secondary N) is 1. The first-order valence-electron chi connectivity index (χ1n) is 5.66. The zero-order valence-electron chi connectivity index (χ0n) is 10.0. The van der Waals surface area contributed by atoms with E-state index in [0.29, 0.717) is 0 Å². The van der Waals surface area contributed by atoms with Gasteiger partial charge in [-0.05, 0) is 63.0 Å². The molecule has 0 aliphatic heterocycles. The molecule has 0 spiro atoms. The van der Waals surface area contributed by atoms with Crippen LogP contribution >= 0.6 is 54.5 Å². The number of aromatic nitrogens is 1. The van der Waals surface area contributed by atoms with Gasteiger partial charge < -0.3 is 5.32 Å². The molecule has 1 N–H and O–H groups in total. The summed E-state index contributed by atoms with van der Waals surface area (Å²) in [4.78, 5) is 5.76. The molecule has 0 radical (unpaired) electrons. The number of anilines is 1. The molecule has 0 atom stereocenters. The predicted octanol–water partition coefficient (Wildman–Crippen LogP) is 5.80. The molecule has 2 aromatic heterocycles. The molecule has 0 saturated carbocycles. The van der Waals surface area contributed by atoms with Gasteiger partial charge in [0, 0.05) is 21.6 Å². The van der Waals surface area contributed by atoms with Crippen molar-refractivity contribution in [1.82, 2.24) is 4.98 Å². The zero-order valence-corrected chi connectivity index (χ0v) is 14.8. The Kier molecular flexibility index (Phi) is 3.93. The van der Waals surface area contributed by atoms with Crippen LogP contribution in [0.3, 0.4) is 0 Å². The minimum absolute atomic E-state index is 0.832. The van der Waals surface area contributed by atoms with Crippen molar-refractivity contribution in [1.29, 1.82) is 0 Å². The van der Waals surface area contributed by atoms with E-state index in [9.17, 15) is 0 Å². The van der Waals surface area contributed by atoms with E-state index < -0.39 is 0 Å². The summed E-state index contributed by atoms with van der Waals surface area (Å²) in [6, 6.07) is 8.45. The molecule has 3 aromatic rings. The summed E-state index contributed by atoms with van der Waals surface area (Å²) < 4.78 is 3.48. The number of thiazole rings is 1. The van der Waals surface area contributed by atoms with Gasteiger partial charge in [0.25, 0.3) is 0 Å². The summed E-state index contributed by atoms with van der Waals surface area (Å²) >= 11 is 10.5. The van der Waals surface area contributed by atoms with E-state index in [4.69, 9.17) is 0 Å². The Hall–Kier alpha value is -0.430. The van der Waals surface area contributed by atoms with Crippen LogP contribution in [-0.2, 0) is 6.54 Å². The molecule has 0 bridgehead atoms. The number of aryl methyl sites for hydroxylation is 1. The average molecular weight is 418 g/mol. The van der Waals surface area contributed by atoms with Gasteiger partial charge in [0.1, 0.15) is 0 Å². The van der Waals surface area contributed by atoms with Crippen LogP contribution in [0.4, 0.5) is 5.69 Å². The Labute approximate surface area is 136 Å². The fourth-order valence-electron chi connectivity index (χ4n) is 1.82. The lowest BCUT2D eigenvalue weighted by molar-refractivity contribution is 1.19. The van der Waals surface area contributed by atoms with E-state index in [1.54, 1.807) is 22.7 Å². The van der Waals surface area contributed by atoms with E-state index >= 15 is 0 Å². The normalized spacial score (nSPS) is 11.1. The molecule has 19 heavy (non-hydrogen) atoms. The quantitative estimate of drug-likeness (QED) is 0.582. The van der Waals surface area contributed by atoms with Crippen molar-refractivity contribution in [3.05, 3.63) is 42.4 Å². The van der Waals surface area contributed by atoms with Gasteiger partial charge in [0.05, 0.1) is 19.0 Å². The molecule has 98 valence electrons. The third-order valence-corrected chi connectivity index (χ3v) is 6.85. The summed E-state index contributed by atoms with van der Waals surface area (Å²) in [5.74, 6) is 0. The zero-order chi connectivity index (χ0) is 13.4. The maximum Gasteiger partial charge on any atom is 0.0907 e. The smallest absolute Gasteiger partial charge is 0.0907 e. The first kappa shape index (κ1) is 13.5. The number of hydrogen-bond donors (Lipinski definition) is 1. The number of fused-ring (bicyclic) bond motifs is 1. The summed E-state index contributed by atoms with van der Waals surface area (Å²) in [6.45, 7) is 2.87. The Balaban J connectivity index is 1.77. The standard InChI is InChI=1S/C13H10Br2N2S2/c1-7-17-11-3-2-8(4-12(11)18-7)16-6-9-5-10(14)13(15)19-9/h2-5,16H,6H2,1H3. The second kappa shape index (κ2) is 5.52. The van der Waals surface area contributed by atoms with Crippen molar-refractivity contribution in [3.63, 3.8) is 0 Å². The summed E-state index contributed by atoms with van der Waals surface area (Å²) in [5, 5.41) is 4.56. The fraction of sp³-hybridized carbons (Fsp3) is 0.154. The van der Waals surface area contributed by atoms with Crippen molar-refractivity contribution in [2.24, 2.45) is 0 Å². The molecular formula is C13H10Br2N2S2. The Bertz CT molecular complexity index is 714. The van der Waals surface area contributed by atoms with Gasteiger partial charge >= 0.3 is 0 Å². The molecule has 3 rings (SSSR count). The molecule has 1 aromatic carbocycles. The van der Waals surface area contributed by atoms with Crippen LogP contribution in [0.2, 0.25) is 0 Å². The fourth-order valence-corrected chi connectivity index (χ4v) is 4.80. The van der Waals surface area contributed by atoms with Crippen LogP contribution in [0.15, 0.2) is 32.5 Å². The van der Waals surface area contributed by atoms with Gasteiger partial charge in [0.15, 0.2) is 0 Å². The minimum atomic E-state index is 0.832. The monoisotopic (exact) mass is 416 g/mol. The second-order valence-electron chi connectivity index (χ2n) is 4.10. The Morgan fingerprint density at radius 3 is 2.79 bits per heavy atom. The highest BCUT2D eigenvalue weighted by molar-refractivity contribution is 9.13. The third-order valence-electron chi connectivity index (χ3n) is 2.66. The van der Waals surface area contributed by atoms with Crippen LogP contribution in [0.25, 0.3) is 10.2 Å². The van der Waals surface area contributed by atoms with Crippen LogP contribution in [-0.4, -0.2) is 4.98 Å². The van der Waals surface area contributed by atoms with Crippen LogP contribution in [0.1, 0.15) is 9.88 Å². The maximum atomic E-state index is 4.47. The van der Waals surface area contributed by atoms with Gasteiger partial charge in [-0.1, -0.05) is 0 Å². The summed E-state index contributed by atoms with van der Waals surface area (Å²) in [6.07, 6.45) is 0. The van der Waals surface area contributed by atoms with Gasteiger partial charge in [-0.3, -0.25) is 0 Å². The topological polar surface area (TPSA) is 24.9 Å². The Morgan fingerprint density at radius 1 is 1.21 bits per heavy atom. The van der Waals surface area contributed by atoms with E-state index in [0.717, 1.165) is 31.0 Å². The molecule has 2 heterocycles. The second-order valence-corrected chi connectivity index (χ2v) is 8.65. The van der Waals surface area contributed by atoms with Gasteiger partial charge in [0.2, 0.25) is 0 Å². The molecule has 0 fully saturated rings. The van der Waals surface area contributed by atoms with E-state index in [-0.39, 0.29) is 0 Å². The highest BCUT2D eigenvalue weighted by atomic mass is 79.9. The molecule has 0 aliphatic carbocycles. The minimum Gasteiger partial charge on any atom is -0.380 e. The van der Waals surface area contributed by atoms with Crippen molar-refractivity contribution in [2.75, 3.05) is 5.32 Å². The summed E-state index contributed by atoms with van der Waals surface area (Å²) in [7, 11) is 0. The molecule has 0 saturated heterocycles. The van der Waals surface area contributed by atoms with Crippen molar-refractivity contribution >= 4 is 70.4 Å². The first-order valence-corrected chi connectivity index (χ1v) is 8.88. The highest BCUT2D eigenvalue weighted by Crippen LogP contribution is 2.33. The largest absolute Gasteiger partial charge is 0.380 e. The van der Waals surface area contributed by atoms with Gasteiger partial charge in [-0.2, -0.15) is 0 Å². The number of thiophene rings is 1. The third kappa shape index (κ3) is 3.02. The lowest BCUT2D eigenvalue weighted by atomic mass is 10.3. The number of rotatable bonds is 3. The van der Waals surface area contributed by atoms with Crippen molar-refractivity contribution in [2.45, 2.75) is 13.5 Å². The molecule has 2 nitrogen and oxygen atoms in total. The average Bonchev–Trinajstić information content (AvgIpc) is 2.88. The molecule has 0 amide bonds. The Morgan fingerprint density at radius 2 is 2.05 bits per heavy atom. The molecule has 0 unspecified atom stereocenters. The number of nitrogens with zero attached hydrogens (tertiary/aromatic N) is 1. The number of benzene rings is 1. The SMILES string of the molecule is Cc1nc2ccc(NCc3cc(Br)c(Br)s3)cc2s1. The van der Waals surface area contributed by atoms with Crippen LogP contribution in [0.5, 0.6) is 0 Å². The van der Waals surface area contributed by atoms with Crippen LogP contribution in [0, 0.1) is 6.92 Å². The van der Waals surface area contributed by atoms with Gasteiger partial charge in [-0.25, -0.2) is 4.98 Å². The van der Waals surface area contributed by atoms with E-state index in [2.05, 4.69) is 66.4 Å².